The number of rotatable bonds is 7. The summed E-state index contributed by atoms with van der Waals surface area (Å²) in [5, 5.41) is 4.32. The second-order valence-corrected chi connectivity index (χ2v) is 4.65. The first-order valence-corrected chi connectivity index (χ1v) is 6.97. The number of benzene rings is 1. The fourth-order valence-corrected chi connectivity index (χ4v) is 2.12. The molecular weight excluding hydrogens is 268 g/mol. The van der Waals surface area contributed by atoms with Crippen LogP contribution in [-0.4, -0.2) is 35.9 Å². The number of nitrogens with zero attached hydrogens (tertiary/aromatic N) is 2. The van der Waals surface area contributed by atoms with Gasteiger partial charge in [0.15, 0.2) is 0 Å². The molecule has 21 heavy (non-hydrogen) atoms. The Morgan fingerprint density at radius 1 is 1.29 bits per heavy atom. The van der Waals surface area contributed by atoms with E-state index in [0.717, 1.165) is 5.69 Å². The van der Waals surface area contributed by atoms with Crippen LogP contribution in [0.1, 0.15) is 28.7 Å². The van der Waals surface area contributed by atoms with Gasteiger partial charge < -0.3 is 9.47 Å². The maximum atomic E-state index is 12.7. The minimum Gasteiger partial charge on any atom is -0.490 e. The van der Waals surface area contributed by atoms with Crippen LogP contribution >= 0.6 is 0 Å². The van der Waals surface area contributed by atoms with Crippen molar-refractivity contribution in [1.29, 1.82) is 0 Å². The molecule has 5 heteroatoms. The number of carbonyl (C=O) groups is 1. The van der Waals surface area contributed by atoms with Gasteiger partial charge in [0.25, 0.3) is 0 Å². The van der Waals surface area contributed by atoms with Crippen molar-refractivity contribution in [2.45, 2.75) is 20.4 Å². The van der Waals surface area contributed by atoms with Gasteiger partial charge in [0.05, 0.1) is 17.9 Å². The third-order valence-corrected chi connectivity index (χ3v) is 3.11. The van der Waals surface area contributed by atoms with Crippen LogP contribution in [0.4, 0.5) is 0 Å². The van der Waals surface area contributed by atoms with Crippen molar-refractivity contribution < 1.29 is 14.3 Å². The lowest BCUT2D eigenvalue weighted by Crippen LogP contribution is -2.13. The lowest BCUT2D eigenvalue weighted by Gasteiger charge is -2.11. The summed E-state index contributed by atoms with van der Waals surface area (Å²) < 4.78 is 12.3. The second-order valence-electron chi connectivity index (χ2n) is 4.65. The number of para-hydroxylation sites is 1. The number of ketones is 1. The van der Waals surface area contributed by atoms with E-state index in [4.69, 9.17) is 9.47 Å². The van der Waals surface area contributed by atoms with Gasteiger partial charge in [-0.2, -0.15) is 5.10 Å². The maximum Gasteiger partial charge on any atom is 0.214 e. The smallest absolute Gasteiger partial charge is 0.214 e. The molecule has 1 aromatic heterocycles. The van der Waals surface area contributed by atoms with Gasteiger partial charge in [0.1, 0.15) is 18.1 Å². The highest BCUT2D eigenvalue weighted by Gasteiger charge is 2.18. The molecule has 0 N–H and O–H groups in total. The molecule has 2 aromatic rings. The van der Waals surface area contributed by atoms with Crippen molar-refractivity contribution in [3.05, 3.63) is 47.3 Å². The zero-order valence-corrected chi connectivity index (χ0v) is 12.6. The minimum absolute atomic E-state index is 0.0783. The first-order valence-electron chi connectivity index (χ1n) is 6.97. The number of methoxy groups -OCH3 is 1. The van der Waals surface area contributed by atoms with E-state index in [2.05, 4.69) is 5.10 Å². The lowest BCUT2D eigenvalue weighted by molar-refractivity contribution is 0.102. The molecular formula is C16H20N2O3. The van der Waals surface area contributed by atoms with Gasteiger partial charge in [-0.1, -0.05) is 12.1 Å². The van der Waals surface area contributed by atoms with Gasteiger partial charge in [-0.3, -0.25) is 9.48 Å². The second kappa shape index (κ2) is 7.04. The molecule has 0 aliphatic heterocycles. The zero-order valence-electron chi connectivity index (χ0n) is 12.6. The largest absolute Gasteiger partial charge is 0.490 e. The quantitative estimate of drug-likeness (QED) is 0.580. The van der Waals surface area contributed by atoms with Crippen LogP contribution in [0.3, 0.4) is 0 Å². The first-order chi connectivity index (χ1) is 10.2. The highest BCUT2D eigenvalue weighted by Crippen LogP contribution is 2.22. The molecule has 0 saturated heterocycles. The molecule has 1 heterocycles. The van der Waals surface area contributed by atoms with Crippen LogP contribution in [0.2, 0.25) is 0 Å². The summed E-state index contributed by atoms with van der Waals surface area (Å²) in [6, 6.07) is 9.05. The van der Waals surface area contributed by atoms with E-state index in [9.17, 15) is 4.79 Å². The van der Waals surface area contributed by atoms with Crippen molar-refractivity contribution >= 4 is 5.78 Å². The average molecular weight is 288 g/mol. The van der Waals surface area contributed by atoms with E-state index >= 15 is 0 Å². The van der Waals surface area contributed by atoms with Crippen LogP contribution < -0.4 is 4.74 Å². The topological polar surface area (TPSA) is 53.4 Å². The molecule has 0 aliphatic carbocycles. The summed E-state index contributed by atoms with van der Waals surface area (Å²) in [6.45, 7) is 5.39. The number of hydrogen-bond donors (Lipinski definition) is 0. The molecule has 0 saturated carbocycles. The number of hydrogen-bond acceptors (Lipinski definition) is 4. The highest BCUT2D eigenvalue weighted by atomic mass is 16.5. The Hall–Kier alpha value is -2.14. The molecule has 0 unspecified atom stereocenters. The standard InChI is InChI=1S/C16H20N2O3/c1-4-18-14(11-12(2)17-18)16(19)13-7-5-6-8-15(13)21-10-9-20-3/h5-8,11H,4,9-10H2,1-3H3. The third kappa shape index (κ3) is 3.49. The summed E-state index contributed by atoms with van der Waals surface area (Å²) in [6.07, 6.45) is 0. The van der Waals surface area contributed by atoms with E-state index in [1.807, 2.05) is 26.0 Å². The maximum absolute atomic E-state index is 12.7. The van der Waals surface area contributed by atoms with Gasteiger partial charge in [0.2, 0.25) is 5.78 Å². The third-order valence-electron chi connectivity index (χ3n) is 3.11. The molecule has 112 valence electrons. The Morgan fingerprint density at radius 3 is 2.76 bits per heavy atom. The highest BCUT2D eigenvalue weighted by molar-refractivity contribution is 6.09. The summed E-state index contributed by atoms with van der Waals surface area (Å²) >= 11 is 0. The summed E-state index contributed by atoms with van der Waals surface area (Å²) in [7, 11) is 1.61. The molecule has 0 aliphatic rings. The van der Waals surface area contributed by atoms with Crippen molar-refractivity contribution in [3.8, 4) is 5.75 Å². The van der Waals surface area contributed by atoms with Crippen LogP contribution in [0.15, 0.2) is 30.3 Å². The van der Waals surface area contributed by atoms with Crippen LogP contribution in [0.25, 0.3) is 0 Å². The van der Waals surface area contributed by atoms with E-state index < -0.39 is 0 Å². The molecule has 0 fully saturated rings. The van der Waals surface area contributed by atoms with Crippen LogP contribution in [0, 0.1) is 6.92 Å². The van der Waals surface area contributed by atoms with Gasteiger partial charge in [-0.15, -0.1) is 0 Å². The summed E-state index contributed by atoms with van der Waals surface area (Å²) in [5.74, 6) is 0.492. The van der Waals surface area contributed by atoms with E-state index in [1.54, 1.807) is 30.0 Å². The predicted octanol–water partition coefficient (Wildman–Crippen LogP) is 2.47. The van der Waals surface area contributed by atoms with Gasteiger partial charge >= 0.3 is 0 Å². The number of ether oxygens (including phenoxy) is 2. The Labute approximate surface area is 124 Å². The predicted molar refractivity (Wildman–Crippen MR) is 79.9 cm³/mol. The minimum atomic E-state index is -0.0783. The fraction of sp³-hybridized carbons (Fsp3) is 0.375. The number of aromatic nitrogens is 2. The number of aryl methyl sites for hydroxylation is 2. The van der Waals surface area contributed by atoms with Gasteiger partial charge in [-0.25, -0.2) is 0 Å². The van der Waals surface area contributed by atoms with Crippen molar-refractivity contribution in [2.75, 3.05) is 20.3 Å². The monoisotopic (exact) mass is 288 g/mol. The molecule has 1 aromatic carbocycles. The molecule has 0 radical (unpaired) electrons. The van der Waals surface area contributed by atoms with Crippen molar-refractivity contribution in [1.82, 2.24) is 9.78 Å². The van der Waals surface area contributed by atoms with Crippen LogP contribution in [0.5, 0.6) is 5.75 Å². The molecule has 5 nitrogen and oxygen atoms in total. The molecule has 0 atom stereocenters. The number of carbonyl (C=O) groups excluding carboxylic acids is 1. The first kappa shape index (κ1) is 15.3. The van der Waals surface area contributed by atoms with E-state index in [1.165, 1.54) is 0 Å². The Kier molecular flexibility index (Phi) is 5.11. The normalized spacial score (nSPS) is 10.6. The fourth-order valence-electron chi connectivity index (χ4n) is 2.12. The van der Waals surface area contributed by atoms with E-state index in [0.29, 0.717) is 36.8 Å². The molecule has 0 bridgehead atoms. The van der Waals surface area contributed by atoms with Gasteiger partial charge in [-0.05, 0) is 32.0 Å². The van der Waals surface area contributed by atoms with Gasteiger partial charge in [0, 0.05) is 13.7 Å². The van der Waals surface area contributed by atoms with E-state index in [-0.39, 0.29) is 5.78 Å². The average Bonchev–Trinajstić information content (AvgIpc) is 2.88. The SMILES string of the molecule is CCn1nc(C)cc1C(=O)c1ccccc1OCCOC. The van der Waals surface area contributed by atoms with Crippen molar-refractivity contribution in [2.24, 2.45) is 0 Å². The Morgan fingerprint density at radius 2 is 2.05 bits per heavy atom. The summed E-state index contributed by atoms with van der Waals surface area (Å²) in [4.78, 5) is 12.7. The summed E-state index contributed by atoms with van der Waals surface area (Å²) in [5.41, 5.74) is 1.96. The lowest BCUT2D eigenvalue weighted by atomic mass is 10.1. The Balaban J connectivity index is 2.30. The molecule has 2 rings (SSSR count). The van der Waals surface area contributed by atoms with Crippen molar-refractivity contribution in [3.63, 3.8) is 0 Å². The zero-order chi connectivity index (χ0) is 15.2. The van der Waals surface area contributed by atoms with Crippen LogP contribution in [-0.2, 0) is 11.3 Å². The molecule has 0 spiro atoms. The molecule has 0 amide bonds. The Bertz CT molecular complexity index is 620.